The summed E-state index contributed by atoms with van der Waals surface area (Å²) in [6.07, 6.45) is 3.56. The molecule has 18 heavy (non-hydrogen) atoms. The minimum atomic E-state index is -3.58. The highest BCUT2D eigenvalue weighted by molar-refractivity contribution is 7.89. The fourth-order valence-electron chi connectivity index (χ4n) is 1.71. The third-order valence-corrected chi connectivity index (χ3v) is 4.65. The third kappa shape index (κ3) is 2.98. The molecule has 0 amide bonds. The first-order chi connectivity index (χ1) is 8.45. The highest BCUT2D eigenvalue weighted by Crippen LogP contribution is 2.24. The van der Waals surface area contributed by atoms with Crippen LogP contribution in [0.15, 0.2) is 23.4 Å². The molecule has 7 heteroatoms. The van der Waals surface area contributed by atoms with E-state index in [0.29, 0.717) is 12.2 Å². The van der Waals surface area contributed by atoms with Crippen molar-refractivity contribution in [2.75, 3.05) is 12.0 Å². The van der Waals surface area contributed by atoms with Gasteiger partial charge in [-0.1, -0.05) is 6.92 Å². The summed E-state index contributed by atoms with van der Waals surface area (Å²) in [6.45, 7) is 6.10. The Morgan fingerprint density at radius 1 is 1.50 bits per heavy atom. The Morgan fingerprint density at radius 3 is 2.67 bits per heavy atom. The zero-order chi connectivity index (χ0) is 13.8. The van der Waals surface area contributed by atoms with Crippen molar-refractivity contribution in [1.29, 1.82) is 0 Å². The van der Waals surface area contributed by atoms with Gasteiger partial charge >= 0.3 is 0 Å². The van der Waals surface area contributed by atoms with Crippen molar-refractivity contribution in [3.05, 3.63) is 18.5 Å². The molecule has 0 fully saturated rings. The maximum absolute atomic E-state index is 12.5. The highest BCUT2D eigenvalue weighted by Gasteiger charge is 2.28. The summed E-state index contributed by atoms with van der Waals surface area (Å²) in [4.78, 5) is 3.97. The van der Waals surface area contributed by atoms with Crippen molar-refractivity contribution < 1.29 is 8.42 Å². The van der Waals surface area contributed by atoms with Crippen molar-refractivity contribution in [3.8, 4) is 0 Å². The second-order valence-corrected chi connectivity index (χ2v) is 6.08. The Morgan fingerprint density at radius 2 is 2.17 bits per heavy atom. The van der Waals surface area contributed by atoms with Gasteiger partial charge in [0, 0.05) is 25.0 Å². The Bertz CT molecular complexity index is 488. The molecule has 3 N–H and O–H groups in total. The number of hydrazine groups is 1. The van der Waals surface area contributed by atoms with Crippen molar-refractivity contribution in [2.45, 2.75) is 38.1 Å². The second-order valence-electron chi connectivity index (χ2n) is 4.23. The Hall–Kier alpha value is -1.18. The molecular formula is C11H20N4O2S. The molecule has 6 nitrogen and oxygen atoms in total. The van der Waals surface area contributed by atoms with Crippen molar-refractivity contribution in [3.63, 3.8) is 0 Å². The Kier molecular flexibility index (Phi) is 5.06. The van der Waals surface area contributed by atoms with Gasteiger partial charge in [-0.05, 0) is 26.3 Å². The van der Waals surface area contributed by atoms with Gasteiger partial charge in [0.15, 0.2) is 0 Å². The number of hydrogen-bond donors (Lipinski definition) is 2. The molecule has 0 saturated heterocycles. The van der Waals surface area contributed by atoms with E-state index in [9.17, 15) is 8.42 Å². The normalized spacial score (nSPS) is 12.1. The number of nitrogens with zero attached hydrogens (tertiary/aromatic N) is 2. The lowest BCUT2D eigenvalue weighted by molar-refractivity contribution is 0.354. The van der Waals surface area contributed by atoms with Crippen LogP contribution in [0.4, 0.5) is 5.69 Å². The molecule has 0 unspecified atom stereocenters. The summed E-state index contributed by atoms with van der Waals surface area (Å²) >= 11 is 0. The summed E-state index contributed by atoms with van der Waals surface area (Å²) in [5, 5.41) is 0. The minimum absolute atomic E-state index is 0.106. The molecule has 1 aromatic rings. The number of sulfonamides is 1. The van der Waals surface area contributed by atoms with E-state index in [1.165, 1.54) is 22.8 Å². The van der Waals surface area contributed by atoms with Crippen LogP contribution in [0.3, 0.4) is 0 Å². The van der Waals surface area contributed by atoms with Crippen LogP contribution in [0, 0.1) is 0 Å². The number of pyridine rings is 1. The molecule has 1 aromatic heterocycles. The lowest BCUT2D eigenvalue weighted by Gasteiger charge is -2.26. The first kappa shape index (κ1) is 14.9. The quantitative estimate of drug-likeness (QED) is 0.599. The second kappa shape index (κ2) is 6.12. The van der Waals surface area contributed by atoms with Gasteiger partial charge in [-0.15, -0.1) is 0 Å². The fraction of sp³-hybridized carbons (Fsp3) is 0.545. The van der Waals surface area contributed by atoms with Crippen LogP contribution in [0.5, 0.6) is 0 Å². The van der Waals surface area contributed by atoms with Crippen molar-refractivity contribution in [2.24, 2.45) is 5.84 Å². The topological polar surface area (TPSA) is 88.3 Å². The number of anilines is 1. The zero-order valence-electron chi connectivity index (χ0n) is 10.9. The van der Waals surface area contributed by atoms with Gasteiger partial charge in [-0.25, -0.2) is 8.42 Å². The minimum Gasteiger partial charge on any atom is -0.323 e. The van der Waals surface area contributed by atoms with Crippen LogP contribution in [0.2, 0.25) is 0 Å². The molecule has 1 rings (SSSR count). The third-order valence-electron chi connectivity index (χ3n) is 2.55. The van der Waals surface area contributed by atoms with Crippen LogP contribution in [0.25, 0.3) is 0 Å². The van der Waals surface area contributed by atoms with Crippen LogP contribution < -0.4 is 11.3 Å². The smallest absolute Gasteiger partial charge is 0.246 e. The molecule has 0 saturated carbocycles. The lowest BCUT2D eigenvalue weighted by Crippen LogP contribution is -2.38. The van der Waals surface area contributed by atoms with Gasteiger partial charge < -0.3 is 5.43 Å². The van der Waals surface area contributed by atoms with Crippen LogP contribution in [-0.2, 0) is 10.0 Å². The number of hydrogen-bond acceptors (Lipinski definition) is 5. The summed E-state index contributed by atoms with van der Waals surface area (Å²) in [5.41, 5.74) is 2.75. The standard InChI is InChI=1S/C11H20N4O2S/c1-4-7-15(9(2)3)18(16,17)11-8-13-6-5-10(11)14-12/h5-6,8-9H,4,7,12H2,1-3H3,(H,13,14). The maximum Gasteiger partial charge on any atom is 0.246 e. The van der Waals surface area contributed by atoms with E-state index in [1.807, 2.05) is 20.8 Å². The van der Waals surface area contributed by atoms with E-state index in [1.54, 1.807) is 0 Å². The number of nitrogens with two attached hydrogens (primary N) is 1. The van der Waals surface area contributed by atoms with E-state index in [4.69, 9.17) is 5.84 Å². The molecule has 0 spiro atoms. The molecule has 0 aromatic carbocycles. The largest absolute Gasteiger partial charge is 0.323 e. The summed E-state index contributed by atoms with van der Waals surface area (Å²) in [6, 6.07) is 1.43. The lowest BCUT2D eigenvalue weighted by atomic mass is 10.4. The summed E-state index contributed by atoms with van der Waals surface area (Å²) < 4.78 is 26.5. The molecule has 1 heterocycles. The predicted octanol–water partition coefficient (Wildman–Crippen LogP) is 1.18. The first-order valence-corrected chi connectivity index (χ1v) is 7.31. The van der Waals surface area contributed by atoms with Crippen LogP contribution in [0.1, 0.15) is 27.2 Å². The van der Waals surface area contributed by atoms with Gasteiger partial charge in [0.2, 0.25) is 10.0 Å². The molecule has 0 aliphatic heterocycles. The van der Waals surface area contributed by atoms with Gasteiger partial charge in [0.1, 0.15) is 4.90 Å². The van der Waals surface area contributed by atoms with Gasteiger partial charge in [-0.3, -0.25) is 10.8 Å². The van der Waals surface area contributed by atoms with E-state index in [0.717, 1.165) is 6.42 Å². The maximum atomic E-state index is 12.5. The monoisotopic (exact) mass is 272 g/mol. The molecular weight excluding hydrogens is 252 g/mol. The zero-order valence-corrected chi connectivity index (χ0v) is 11.7. The molecule has 102 valence electrons. The fourth-order valence-corrected chi connectivity index (χ4v) is 3.54. The molecule has 0 aliphatic rings. The first-order valence-electron chi connectivity index (χ1n) is 5.87. The predicted molar refractivity (Wildman–Crippen MR) is 71.4 cm³/mol. The van der Waals surface area contributed by atoms with Crippen molar-refractivity contribution >= 4 is 15.7 Å². The number of aromatic nitrogens is 1. The number of nitrogens with one attached hydrogen (secondary N) is 1. The molecule has 0 atom stereocenters. The Labute approximate surface area is 108 Å². The van der Waals surface area contributed by atoms with Crippen LogP contribution >= 0.6 is 0 Å². The number of nitrogen functional groups attached to an aromatic ring is 1. The molecule has 0 aliphatic carbocycles. The summed E-state index contributed by atoms with van der Waals surface area (Å²) in [5.74, 6) is 5.34. The highest BCUT2D eigenvalue weighted by atomic mass is 32.2. The Balaban J connectivity index is 3.26. The SMILES string of the molecule is CCCN(C(C)C)S(=O)(=O)c1cnccc1NN. The molecule has 0 bridgehead atoms. The summed E-state index contributed by atoms with van der Waals surface area (Å²) in [7, 11) is -3.58. The number of rotatable bonds is 6. The average molecular weight is 272 g/mol. The van der Waals surface area contributed by atoms with Gasteiger partial charge in [0.05, 0.1) is 5.69 Å². The van der Waals surface area contributed by atoms with E-state index in [2.05, 4.69) is 10.4 Å². The van der Waals surface area contributed by atoms with E-state index < -0.39 is 10.0 Å². The molecule has 0 radical (unpaired) electrons. The van der Waals surface area contributed by atoms with E-state index in [-0.39, 0.29) is 10.9 Å². The van der Waals surface area contributed by atoms with Crippen molar-refractivity contribution in [1.82, 2.24) is 9.29 Å². The van der Waals surface area contributed by atoms with Crippen LogP contribution in [-0.4, -0.2) is 30.3 Å². The van der Waals surface area contributed by atoms with E-state index >= 15 is 0 Å². The van der Waals surface area contributed by atoms with Gasteiger partial charge in [-0.2, -0.15) is 4.31 Å². The average Bonchev–Trinajstić information content (AvgIpc) is 2.35. The van der Waals surface area contributed by atoms with Gasteiger partial charge in [0.25, 0.3) is 0 Å².